The number of pyridine rings is 1. The maximum Gasteiger partial charge on any atom is 0.195 e. The molecule has 3 rings (SSSR count). The molecule has 0 fully saturated rings. The molecule has 0 saturated carbocycles. The number of aryl methyl sites for hydroxylation is 1. The third-order valence-electron chi connectivity index (χ3n) is 4.92. The molecule has 1 aromatic heterocycles. The Morgan fingerprint density at radius 2 is 2.07 bits per heavy atom. The van der Waals surface area contributed by atoms with E-state index in [0.29, 0.717) is 15.6 Å². The Labute approximate surface area is 167 Å². The summed E-state index contributed by atoms with van der Waals surface area (Å²) in [6, 6.07) is 7.91. The molecule has 0 aliphatic heterocycles. The second-order valence-corrected chi connectivity index (χ2v) is 9.82. The molecular weight excluding hydrogens is 412 g/mol. The van der Waals surface area contributed by atoms with Crippen molar-refractivity contribution in [2.24, 2.45) is 0 Å². The van der Waals surface area contributed by atoms with Gasteiger partial charge in [0.15, 0.2) is 21.3 Å². The van der Waals surface area contributed by atoms with Crippen LogP contribution in [0.4, 0.5) is 4.39 Å². The molecule has 0 N–H and O–H groups in total. The summed E-state index contributed by atoms with van der Waals surface area (Å²) in [6.07, 6.45) is 2.57. The minimum atomic E-state index is -3.45. The second-order valence-electron chi connectivity index (χ2n) is 6.75. The first-order valence-electron chi connectivity index (χ1n) is 8.43. The highest BCUT2D eigenvalue weighted by atomic mass is 35.5. The van der Waals surface area contributed by atoms with Crippen LogP contribution in [-0.2, 0) is 26.7 Å². The SMILES string of the molecule is CS(=O)(=O)C1CC[C@@](F)(C(=O)CCc2ccc(Cl)cc2Cl)c2cccnc21. The number of ketones is 1. The third-order valence-corrected chi connectivity index (χ3v) is 7.00. The standard InChI is InChI=1S/C19H18Cl2FNO3S/c1-27(25,26)16-8-9-19(22,14-3-2-10-23-18(14)16)17(24)7-5-12-4-6-13(20)11-15(12)21/h2-4,6,10-11,16H,5,7-9H2,1H3/t16?,19-/m0/s1. The van der Waals surface area contributed by atoms with Crippen molar-refractivity contribution in [3.63, 3.8) is 0 Å². The van der Waals surface area contributed by atoms with E-state index in [1.165, 1.54) is 18.3 Å². The number of benzene rings is 1. The van der Waals surface area contributed by atoms with E-state index in [-0.39, 0.29) is 36.9 Å². The molecule has 4 nitrogen and oxygen atoms in total. The Balaban J connectivity index is 1.87. The van der Waals surface area contributed by atoms with E-state index in [2.05, 4.69) is 4.98 Å². The topological polar surface area (TPSA) is 64.1 Å². The molecule has 0 amide bonds. The summed E-state index contributed by atoms with van der Waals surface area (Å²) in [5, 5.41) is 0.0123. The monoisotopic (exact) mass is 429 g/mol. The predicted molar refractivity (Wildman–Crippen MR) is 104 cm³/mol. The Bertz CT molecular complexity index is 996. The summed E-state index contributed by atoms with van der Waals surface area (Å²) in [5.74, 6) is -0.602. The van der Waals surface area contributed by atoms with Crippen LogP contribution in [0.3, 0.4) is 0 Å². The highest BCUT2D eigenvalue weighted by molar-refractivity contribution is 7.90. The smallest absolute Gasteiger partial charge is 0.195 e. The molecule has 1 aliphatic rings. The molecule has 1 heterocycles. The average molecular weight is 430 g/mol. The minimum Gasteiger partial charge on any atom is -0.296 e. The molecule has 2 atom stereocenters. The molecule has 27 heavy (non-hydrogen) atoms. The lowest BCUT2D eigenvalue weighted by molar-refractivity contribution is -0.132. The summed E-state index contributed by atoms with van der Waals surface area (Å²) in [6.45, 7) is 0. The Hall–Kier alpha value is -1.50. The Morgan fingerprint density at radius 3 is 2.74 bits per heavy atom. The molecule has 0 radical (unpaired) electrons. The van der Waals surface area contributed by atoms with Gasteiger partial charge in [-0.3, -0.25) is 9.78 Å². The maximum absolute atomic E-state index is 15.7. The van der Waals surface area contributed by atoms with Gasteiger partial charge in [-0.15, -0.1) is 0 Å². The van der Waals surface area contributed by atoms with Crippen LogP contribution in [0.15, 0.2) is 36.5 Å². The van der Waals surface area contributed by atoms with Gasteiger partial charge in [-0.1, -0.05) is 35.3 Å². The Morgan fingerprint density at radius 1 is 1.33 bits per heavy atom. The van der Waals surface area contributed by atoms with Crippen LogP contribution >= 0.6 is 23.2 Å². The summed E-state index contributed by atoms with van der Waals surface area (Å²) in [5.41, 5.74) is -1.36. The lowest BCUT2D eigenvalue weighted by Crippen LogP contribution is -2.38. The molecule has 2 aromatic rings. The maximum atomic E-state index is 15.7. The third kappa shape index (κ3) is 4.03. The number of carbonyl (C=O) groups is 1. The number of aromatic nitrogens is 1. The molecule has 0 spiro atoms. The summed E-state index contributed by atoms with van der Waals surface area (Å²) < 4.78 is 39.8. The largest absolute Gasteiger partial charge is 0.296 e. The van der Waals surface area contributed by atoms with Crippen LogP contribution in [0.25, 0.3) is 0 Å². The number of hydrogen-bond acceptors (Lipinski definition) is 4. The first kappa shape index (κ1) is 20.2. The van der Waals surface area contributed by atoms with Gasteiger partial charge in [0.1, 0.15) is 5.25 Å². The Kier molecular flexibility index (Phi) is 5.62. The van der Waals surface area contributed by atoms with Crippen LogP contribution < -0.4 is 0 Å². The van der Waals surface area contributed by atoms with Gasteiger partial charge in [0.2, 0.25) is 0 Å². The number of rotatable bonds is 5. The number of hydrogen-bond donors (Lipinski definition) is 0. The van der Waals surface area contributed by atoms with Gasteiger partial charge in [-0.2, -0.15) is 0 Å². The summed E-state index contributed by atoms with van der Waals surface area (Å²) >= 11 is 12.0. The molecule has 1 unspecified atom stereocenters. The van der Waals surface area contributed by atoms with E-state index < -0.39 is 26.5 Å². The predicted octanol–water partition coefficient (Wildman–Crippen LogP) is 4.63. The second kappa shape index (κ2) is 7.49. The quantitative estimate of drug-likeness (QED) is 0.694. The van der Waals surface area contributed by atoms with E-state index >= 15 is 4.39 Å². The summed E-state index contributed by atoms with van der Waals surface area (Å²) in [7, 11) is -3.45. The van der Waals surface area contributed by atoms with E-state index in [1.54, 1.807) is 18.2 Å². The molecule has 0 saturated heterocycles. The van der Waals surface area contributed by atoms with Crippen molar-refractivity contribution in [3.8, 4) is 0 Å². The van der Waals surface area contributed by atoms with Crippen LogP contribution in [-0.4, -0.2) is 25.4 Å². The van der Waals surface area contributed by atoms with Gasteiger partial charge >= 0.3 is 0 Å². The van der Waals surface area contributed by atoms with E-state index in [4.69, 9.17) is 23.2 Å². The number of carbonyl (C=O) groups excluding carboxylic acids is 1. The van der Waals surface area contributed by atoms with Gasteiger partial charge in [-0.05, 0) is 43.0 Å². The lowest BCUT2D eigenvalue weighted by Gasteiger charge is -2.33. The minimum absolute atomic E-state index is 0.0206. The number of Topliss-reactive ketones (excluding diaryl/α,β-unsaturated/α-hetero) is 1. The molecule has 144 valence electrons. The summed E-state index contributed by atoms with van der Waals surface area (Å²) in [4.78, 5) is 16.8. The first-order chi connectivity index (χ1) is 12.6. The van der Waals surface area contributed by atoms with Gasteiger partial charge in [-0.25, -0.2) is 12.8 Å². The zero-order valence-electron chi connectivity index (χ0n) is 14.6. The molecule has 8 heteroatoms. The van der Waals surface area contributed by atoms with Gasteiger partial charge < -0.3 is 0 Å². The first-order valence-corrected chi connectivity index (χ1v) is 11.1. The number of halogens is 3. The van der Waals surface area contributed by atoms with Crippen molar-refractivity contribution < 1.29 is 17.6 Å². The van der Waals surface area contributed by atoms with Crippen molar-refractivity contribution in [1.82, 2.24) is 4.98 Å². The zero-order chi connectivity index (χ0) is 19.8. The highest BCUT2D eigenvalue weighted by Crippen LogP contribution is 2.46. The van der Waals surface area contributed by atoms with Gasteiger partial charge in [0.25, 0.3) is 0 Å². The number of alkyl halides is 1. The number of nitrogens with zero attached hydrogens (tertiary/aromatic N) is 1. The molecule has 1 aliphatic carbocycles. The van der Waals surface area contributed by atoms with Gasteiger partial charge in [0, 0.05) is 34.5 Å². The van der Waals surface area contributed by atoms with E-state index in [1.807, 2.05) is 0 Å². The van der Waals surface area contributed by atoms with Crippen LogP contribution in [0.2, 0.25) is 10.0 Å². The van der Waals surface area contributed by atoms with Crippen molar-refractivity contribution in [3.05, 3.63) is 63.4 Å². The van der Waals surface area contributed by atoms with E-state index in [9.17, 15) is 13.2 Å². The number of fused-ring (bicyclic) bond motifs is 1. The average Bonchev–Trinajstić information content (AvgIpc) is 2.60. The zero-order valence-corrected chi connectivity index (χ0v) is 16.9. The van der Waals surface area contributed by atoms with Crippen molar-refractivity contribution >= 4 is 38.8 Å². The van der Waals surface area contributed by atoms with Crippen molar-refractivity contribution in [2.75, 3.05) is 6.26 Å². The van der Waals surface area contributed by atoms with Crippen molar-refractivity contribution in [2.45, 2.75) is 36.6 Å². The highest BCUT2D eigenvalue weighted by Gasteiger charge is 2.48. The van der Waals surface area contributed by atoms with Crippen LogP contribution in [0.1, 0.15) is 41.3 Å². The number of sulfone groups is 1. The normalized spacial score (nSPS) is 22.3. The van der Waals surface area contributed by atoms with Gasteiger partial charge in [0.05, 0.1) is 5.69 Å². The van der Waals surface area contributed by atoms with Crippen LogP contribution in [0.5, 0.6) is 0 Å². The molecule has 0 bridgehead atoms. The van der Waals surface area contributed by atoms with Crippen molar-refractivity contribution in [1.29, 1.82) is 0 Å². The molecule has 1 aromatic carbocycles. The fourth-order valence-corrected chi connectivity index (χ4v) is 5.13. The lowest BCUT2D eigenvalue weighted by atomic mass is 9.78. The van der Waals surface area contributed by atoms with E-state index in [0.717, 1.165) is 6.26 Å². The molecular formula is C19H18Cl2FNO3S. The van der Waals surface area contributed by atoms with Crippen LogP contribution in [0, 0.1) is 0 Å². The fourth-order valence-electron chi connectivity index (χ4n) is 3.49. The fraction of sp³-hybridized carbons (Fsp3) is 0.368.